The van der Waals surface area contributed by atoms with Crippen LogP contribution >= 0.6 is 34.4 Å². The molecule has 2 aromatic carbocycles. The quantitative estimate of drug-likeness (QED) is 0.563. The molecule has 0 fully saturated rings. The number of anilines is 2. The maximum absolute atomic E-state index is 12.2. The Balaban J connectivity index is 1.99. The largest absolute Gasteiger partial charge is 0.374 e. The Hall–Kier alpha value is -1.21. The highest BCUT2D eigenvalue weighted by Gasteiger charge is 2.13. The van der Waals surface area contributed by atoms with E-state index >= 15 is 0 Å². The van der Waals surface area contributed by atoms with Crippen molar-refractivity contribution in [1.82, 2.24) is 0 Å². The predicted octanol–water partition coefficient (Wildman–Crippen LogP) is 4.45. The minimum atomic E-state index is -0.305. The van der Waals surface area contributed by atoms with Crippen molar-refractivity contribution in [2.24, 2.45) is 0 Å². The number of carbonyl (C=O) groups is 1. The molecule has 2 rings (SSSR count). The summed E-state index contributed by atoms with van der Waals surface area (Å²) in [4.78, 5) is 13.3. The number of amides is 1. The first kappa shape index (κ1) is 16.2. The fraction of sp³-hybridized carbons (Fsp3) is 0.188. The van der Waals surface area contributed by atoms with Crippen LogP contribution in [0.4, 0.5) is 11.4 Å². The highest BCUT2D eigenvalue weighted by Crippen LogP contribution is 2.19. The van der Waals surface area contributed by atoms with E-state index in [0.29, 0.717) is 0 Å². The highest BCUT2D eigenvalue weighted by atomic mass is 127. The molecule has 1 unspecified atom stereocenters. The predicted molar refractivity (Wildman–Crippen MR) is 99.1 cm³/mol. The van der Waals surface area contributed by atoms with Gasteiger partial charge < -0.3 is 10.6 Å². The van der Waals surface area contributed by atoms with Crippen molar-refractivity contribution >= 4 is 51.6 Å². The van der Waals surface area contributed by atoms with E-state index in [4.69, 9.17) is 0 Å². The van der Waals surface area contributed by atoms with E-state index in [0.717, 1.165) is 19.8 Å². The number of thioether (sulfide) groups is 1. The van der Waals surface area contributed by atoms with Crippen LogP contribution in [-0.2, 0) is 4.79 Å². The molecule has 2 N–H and O–H groups in total. The second-order valence-corrected chi connectivity index (χ2v) is 6.72. The van der Waals surface area contributed by atoms with Crippen molar-refractivity contribution < 1.29 is 4.79 Å². The Labute approximate surface area is 143 Å². The molecule has 110 valence electrons. The minimum Gasteiger partial charge on any atom is -0.374 e. The van der Waals surface area contributed by atoms with Crippen LogP contribution in [0.2, 0.25) is 0 Å². The Kier molecular flexibility index (Phi) is 5.93. The molecule has 0 spiro atoms. The van der Waals surface area contributed by atoms with Crippen LogP contribution in [0.5, 0.6) is 0 Å². The molecule has 0 bridgehead atoms. The number of halogens is 1. The maximum Gasteiger partial charge on any atom is 0.246 e. The Morgan fingerprint density at radius 2 is 1.86 bits per heavy atom. The smallest absolute Gasteiger partial charge is 0.246 e. The summed E-state index contributed by atoms with van der Waals surface area (Å²) in [6.45, 7) is 1.85. The van der Waals surface area contributed by atoms with E-state index in [1.165, 1.54) is 0 Å². The van der Waals surface area contributed by atoms with E-state index in [9.17, 15) is 4.79 Å². The fourth-order valence-electron chi connectivity index (χ4n) is 1.85. The zero-order valence-electron chi connectivity index (χ0n) is 11.9. The van der Waals surface area contributed by atoms with Gasteiger partial charge in [-0.05, 0) is 72.2 Å². The molecule has 0 heterocycles. The van der Waals surface area contributed by atoms with Gasteiger partial charge in [0.1, 0.15) is 6.04 Å². The number of nitrogens with one attached hydrogen (secondary N) is 2. The first-order valence-electron chi connectivity index (χ1n) is 6.55. The van der Waals surface area contributed by atoms with Crippen molar-refractivity contribution in [2.45, 2.75) is 17.9 Å². The Morgan fingerprint density at radius 3 is 2.57 bits per heavy atom. The number of benzene rings is 2. The van der Waals surface area contributed by atoms with Crippen molar-refractivity contribution in [3.63, 3.8) is 0 Å². The molecule has 5 heteroatoms. The van der Waals surface area contributed by atoms with Gasteiger partial charge in [0.15, 0.2) is 0 Å². The average molecular weight is 412 g/mol. The summed E-state index contributed by atoms with van der Waals surface area (Å²) in [6.07, 6.45) is 2.02. The highest BCUT2D eigenvalue weighted by molar-refractivity contribution is 14.1. The van der Waals surface area contributed by atoms with Gasteiger partial charge in [0.2, 0.25) is 5.91 Å². The molecule has 0 aliphatic heterocycles. The van der Waals surface area contributed by atoms with Crippen LogP contribution in [0.15, 0.2) is 53.4 Å². The summed E-state index contributed by atoms with van der Waals surface area (Å²) in [5.74, 6) is -0.0490. The summed E-state index contributed by atoms with van der Waals surface area (Å²) >= 11 is 3.91. The third-order valence-corrected chi connectivity index (χ3v) is 4.33. The lowest BCUT2D eigenvalue weighted by molar-refractivity contribution is -0.116. The molecule has 3 nitrogen and oxygen atoms in total. The lowest BCUT2D eigenvalue weighted by Crippen LogP contribution is -2.31. The third-order valence-electron chi connectivity index (χ3n) is 2.94. The standard InChI is InChI=1S/C16H17IN2OS/c1-11(18-13-6-3-5-12(17)9-13)16(20)19-14-7-4-8-15(10-14)21-2/h3-11,18H,1-2H3,(H,19,20). The van der Waals surface area contributed by atoms with Crippen LogP contribution in [-0.4, -0.2) is 18.2 Å². The van der Waals surface area contributed by atoms with Crippen LogP contribution in [0.25, 0.3) is 0 Å². The van der Waals surface area contributed by atoms with E-state index in [2.05, 4.69) is 33.2 Å². The van der Waals surface area contributed by atoms with E-state index in [1.54, 1.807) is 11.8 Å². The number of rotatable bonds is 5. The van der Waals surface area contributed by atoms with Gasteiger partial charge >= 0.3 is 0 Å². The summed E-state index contributed by atoms with van der Waals surface area (Å²) in [7, 11) is 0. The molecule has 21 heavy (non-hydrogen) atoms. The Morgan fingerprint density at radius 1 is 1.14 bits per heavy atom. The third kappa shape index (κ3) is 4.93. The van der Waals surface area contributed by atoms with Gasteiger partial charge in [0, 0.05) is 19.8 Å². The van der Waals surface area contributed by atoms with Crippen molar-refractivity contribution in [2.75, 3.05) is 16.9 Å². The topological polar surface area (TPSA) is 41.1 Å². The van der Waals surface area contributed by atoms with Crippen molar-refractivity contribution in [3.05, 3.63) is 52.1 Å². The molecule has 0 aromatic heterocycles. The molecule has 0 saturated heterocycles. The lowest BCUT2D eigenvalue weighted by atomic mass is 10.2. The van der Waals surface area contributed by atoms with Gasteiger partial charge in [0.25, 0.3) is 0 Å². The average Bonchev–Trinajstić information content (AvgIpc) is 2.47. The molecular weight excluding hydrogens is 395 g/mol. The monoisotopic (exact) mass is 412 g/mol. The van der Waals surface area contributed by atoms with Gasteiger partial charge in [-0.2, -0.15) is 0 Å². The van der Waals surface area contributed by atoms with Gasteiger partial charge in [-0.25, -0.2) is 0 Å². The second kappa shape index (κ2) is 7.70. The molecule has 0 aliphatic rings. The first-order chi connectivity index (χ1) is 10.1. The molecule has 2 aromatic rings. The normalized spacial score (nSPS) is 11.8. The van der Waals surface area contributed by atoms with Crippen LogP contribution < -0.4 is 10.6 Å². The van der Waals surface area contributed by atoms with Gasteiger partial charge in [-0.15, -0.1) is 11.8 Å². The van der Waals surface area contributed by atoms with E-state index < -0.39 is 0 Å². The second-order valence-electron chi connectivity index (χ2n) is 4.60. The molecule has 1 amide bonds. The minimum absolute atomic E-state index is 0.0490. The summed E-state index contributed by atoms with van der Waals surface area (Å²) in [5, 5.41) is 6.14. The van der Waals surface area contributed by atoms with E-state index in [-0.39, 0.29) is 11.9 Å². The number of hydrogen-bond donors (Lipinski definition) is 2. The van der Waals surface area contributed by atoms with Gasteiger partial charge in [-0.3, -0.25) is 4.79 Å². The molecule has 1 atom stereocenters. The number of hydrogen-bond acceptors (Lipinski definition) is 3. The van der Waals surface area contributed by atoms with Crippen LogP contribution in [0, 0.1) is 3.57 Å². The Bertz CT molecular complexity index is 633. The van der Waals surface area contributed by atoms with Crippen molar-refractivity contribution in [3.8, 4) is 0 Å². The van der Waals surface area contributed by atoms with Gasteiger partial charge in [-0.1, -0.05) is 12.1 Å². The van der Waals surface area contributed by atoms with Crippen LogP contribution in [0.3, 0.4) is 0 Å². The zero-order valence-corrected chi connectivity index (χ0v) is 14.9. The van der Waals surface area contributed by atoms with E-state index in [1.807, 2.05) is 61.7 Å². The maximum atomic E-state index is 12.2. The first-order valence-corrected chi connectivity index (χ1v) is 8.86. The molecule has 0 radical (unpaired) electrons. The van der Waals surface area contributed by atoms with Crippen molar-refractivity contribution in [1.29, 1.82) is 0 Å². The molecule has 0 aliphatic carbocycles. The SMILES string of the molecule is CSc1cccc(NC(=O)C(C)Nc2cccc(I)c2)c1. The lowest BCUT2D eigenvalue weighted by Gasteiger charge is -2.15. The summed E-state index contributed by atoms with van der Waals surface area (Å²) in [6, 6.07) is 15.5. The fourth-order valence-corrected chi connectivity index (χ4v) is 2.85. The van der Waals surface area contributed by atoms with Gasteiger partial charge in [0.05, 0.1) is 0 Å². The van der Waals surface area contributed by atoms with Crippen LogP contribution in [0.1, 0.15) is 6.92 Å². The number of carbonyl (C=O) groups excluding carboxylic acids is 1. The summed E-state index contributed by atoms with van der Waals surface area (Å²) in [5.41, 5.74) is 1.77. The molecule has 0 saturated carbocycles. The summed E-state index contributed by atoms with van der Waals surface area (Å²) < 4.78 is 1.14. The zero-order chi connectivity index (χ0) is 15.2. The molecular formula is C16H17IN2OS.